The van der Waals surface area contributed by atoms with Crippen LogP contribution in [-0.2, 0) is 38.7 Å². The summed E-state index contributed by atoms with van der Waals surface area (Å²) in [6, 6.07) is 0. The highest BCUT2D eigenvalue weighted by Crippen LogP contribution is 2.24. The molecule has 58 heavy (non-hydrogen) atoms. The van der Waals surface area contributed by atoms with E-state index in [1.807, 2.05) is 0 Å². The highest BCUT2D eigenvalue weighted by Gasteiger charge is 2.46. The molecule has 1 saturated heterocycles. The third-order valence-corrected chi connectivity index (χ3v) is 10.7. The lowest BCUT2D eigenvalue weighted by Gasteiger charge is -2.40. The summed E-state index contributed by atoms with van der Waals surface area (Å²) in [5.74, 6) is -2.05. The maximum absolute atomic E-state index is 12.8. The number of hydrogen-bond acceptors (Lipinski definition) is 11. The van der Waals surface area contributed by atoms with Crippen molar-refractivity contribution in [2.45, 2.75) is 211 Å². The van der Waals surface area contributed by atoms with Crippen molar-refractivity contribution in [1.82, 2.24) is 0 Å². The number of rotatable bonds is 36. The van der Waals surface area contributed by atoms with Gasteiger partial charge in [-0.2, -0.15) is 8.42 Å². The van der Waals surface area contributed by atoms with Gasteiger partial charge >= 0.3 is 11.9 Å². The summed E-state index contributed by atoms with van der Waals surface area (Å²) < 4.78 is 54.0. The number of unbranched alkanes of at least 4 members (excludes halogenated alkanes) is 18. The van der Waals surface area contributed by atoms with E-state index < -0.39 is 71.2 Å². The van der Waals surface area contributed by atoms with Gasteiger partial charge in [-0.15, -0.1) is 5.73 Å². The van der Waals surface area contributed by atoms with Gasteiger partial charge in [-0.05, 0) is 82.8 Å². The lowest BCUT2D eigenvalue weighted by molar-refractivity contribution is -0.297. The molecule has 0 aromatic carbocycles. The molecule has 12 nitrogen and oxygen atoms in total. The Morgan fingerprint density at radius 2 is 1.14 bits per heavy atom. The van der Waals surface area contributed by atoms with E-state index in [1.54, 1.807) is 0 Å². The zero-order chi connectivity index (χ0) is 42.7. The van der Waals surface area contributed by atoms with Gasteiger partial charge in [0.15, 0.2) is 12.4 Å². The average molecular weight is 843 g/mol. The normalized spacial score (nSPS) is 20.3. The summed E-state index contributed by atoms with van der Waals surface area (Å²) in [7, 11) is -4.61. The molecule has 0 aromatic rings. The van der Waals surface area contributed by atoms with Crippen molar-refractivity contribution in [3.63, 3.8) is 0 Å². The van der Waals surface area contributed by atoms with E-state index in [1.165, 1.54) is 70.6 Å². The van der Waals surface area contributed by atoms with Crippen LogP contribution in [0.1, 0.15) is 174 Å². The van der Waals surface area contributed by atoms with Crippen molar-refractivity contribution in [3.05, 3.63) is 42.2 Å². The van der Waals surface area contributed by atoms with Crippen LogP contribution in [0.5, 0.6) is 0 Å². The van der Waals surface area contributed by atoms with E-state index in [4.69, 9.17) is 18.9 Å². The van der Waals surface area contributed by atoms with Crippen LogP contribution in [0.4, 0.5) is 0 Å². The molecular weight excluding hydrogens is 765 g/mol. The Kier molecular flexibility index (Phi) is 32.8. The molecule has 4 N–H and O–H groups in total. The number of aliphatic hydroxyl groups excluding tert-OH is 3. The van der Waals surface area contributed by atoms with Gasteiger partial charge in [0, 0.05) is 12.8 Å². The molecule has 1 aliphatic heterocycles. The first-order chi connectivity index (χ1) is 28.0. The minimum absolute atomic E-state index is 0.117. The number of allylic oxidation sites excluding steroid dienone is 5. The molecule has 0 spiro atoms. The molecule has 0 saturated carbocycles. The van der Waals surface area contributed by atoms with Crippen LogP contribution >= 0.6 is 0 Å². The average Bonchev–Trinajstić information content (AvgIpc) is 3.18. The first-order valence-electron chi connectivity index (χ1n) is 22.3. The summed E-state index contributed by atoms with van der Waals surface area (Å²) in [6.45, 7) is 3.68. The highest BCUT2D eigenvalue weighted by molar-refractivity contribution is 7.85. The zero-order valence-corrected chi connectivity index (χ0v) is 36.5. The monoisotopic (exact) mass is 843 g/mol. The lowest BCUT2D eigenvalue weighted by atomic mass is 10.00. The first-order valence-corrected chi connectivity index (χ1v) is 23.9. The Morgan fingerprint density at radius 3 is 1.72 bits per heavy atom. The summed E-state index contributed by atoms with van der Waals surface area (Å²) >= 11 is 0. The van der Waals surface area contributed by atoms with E-state index in [9.17, 15) is 37.9 Å². The van der Waals surface area contributed by atoms with Crippen molar-refractivity contribution < 1.29 is 56.8 Å². The van der Waals surface area contributed by atoms with Gasteiger partial charge in [-0.3, -0.25) is 14.1 Å². The molecule has 0 radical (unpaired) electrons. The van der Waals surface area contributed by atoms with Gasteiger partial charge in [0.2, 0.25) is 0 Å². The number of esters is 2. The third kappa shape index (κ3) is 29.8. The molecule has 0 aliphatic carbocycles. The molecule has 1 heterocycles. The fourth-order valence-corrected chi connectivity index (χ4v) is 7.14. The molecule has 6 atom stereocenters. The SMILES string of the molecule is CCCCCCCC=C=CCCCCCCCC(=O)OC[C@H](CO[C@H]1O[C@H](CS(=O)(=O)O)[C@@H](O)C(O)C1O)OC(=O)CCCC/C=C/C/C=C/CCCCCCCC. The number of hydrogen-bond donors (Lipinski definition) is 4. The number of carbonyl (C=O) groups is 2. The smallest absolute Gasteiger partial charge is 0.306 e. The van der Waals surface area contributed by atoms with E-state index >= 15 is 0 Å². The van der Waals surface area contributed by atoms with Crippen LogP contribution < -0.4 is 0 Å². The van der Waals surface area contributed by atoms with Crippen molar-refractivity contribution >= 4 is 22.1 Å². The second-order valence-corrected chi connectivity index (χ2v) is 17.0. The Balaban J connectivity index is 2.51. The van der Waals surface area contributed by atoms with Crippen LogP contribution in [0.2, 0.25) is 0 Å². The van der Waals surface area contributed by atoms with Crippen LogP contribution in [0.15, 0.2) is 42.2 Å². The summed E-state index contributed by atoms with van der Waals surface area (Å²) in [6.07, 6.45) is 28.3. The first kappa shape index (κ1) is 53.7. The number of aliphatic hydroxyl groups is 3. The Bertz CT molecular complexity index is 1280. The van der Waals surface area contributed by atoms with Gasteiger partial charge in [0.05, 0.1) is 6.61 Å². The number of carbonyl (C=O) groups excluding carboxylic acids is 2. The molecule has 1 fully saturated rings. The maximum atomic E-state index is 12.8. The zero-order valence-electron chi connectivity index (χ0n) is 35.7. The fraction of sp³-hybridized carbons (Fsp3) is 0.800. The van der Waals surface area contributed by atoms with E-state index in [-0.39, 0.29) is 19.4 Å². The molecular formula is C45H78O12S. The van der Waals surface area contributed by atoms with Gasteiger partial charge in [-0.1, -0.05) is 115 Å². The van der Waals surface area contributed by atoms with Crippen LogP contribution in [0.25, 0.3) is 0 Å². The van der Waals surface area contributed by atoms with E-state index in [0.717, 1.165) is 64.2 Å². The Labute approximate surface area is 350 Å². The third-order valence-electron chi connectivity index (χ3n) is 9.97. The maximum Gasteiger partial charge on any atom is 0.306 e. The predicted molar refractivity (Wildman–Crippen MR) is 228 cm³/mol. The van der Waals surface area contributed by atoms with Gasteiger partial charge in [0.1, 0.15) is 36.8 Å². The van der Waals surface area contributed by atoms with Crippen LogP contribution in [-0.4, -0.2) is 96.0 Å². The van der Waals surface area contributed by atoms with Crippen molar-refractivity contribution in [3.8, 4) is 0 Å². The molecule has 2 unspecified atom stereocenters. The topological polar surface area (TPSA) is 186 Å². The van der Waals surface area contributed by atoms with Crippen molar-refractivity contribution in [1.29, 1.82) is 0 Å². The Morgan fingerprint density at radius 1 is 0.638 bits per heavy atom. The highest BCUT2D eigenvalue weighted by atomic mass is 32.2. The summed E-state index contributed by atoms with van der Waals surface area (Å²) in [4.78, 5) is 25.4. The minimum atomic E-state index is -4.61. The molecule has 0 aromatic heterocycles. The molecule has 1 aliphatic rings. The van der Waals surface area contributed by atoms with Crippen molar-refractivity contribution in [2.24, 2.45) is 0 Å². The summed E-state index contributed by atoms with van der Waals surface area (Å²) in [5.41, 5.74) is 3.28. The molecule has 0 bridgehead atoms. The van der Waals surface area contributed by atoms with Crippen molar-refractivity contribution in [2.75, 3.05) is 19.0 Å². The quantitative estimate of drug-likeness (QED) is 0.0155. The Hall–Kier alpha value is -2.35. The van der Waals surface area contributed by atoms with Gasteiger partial charge < -0.3 is 34.3 Å². The van der Waals surface area contributed by atoms with Crippen LogP contribution in [0.3, 0.4) is 0 Å². The van der Waals surface area contributed by atoms with Gasteiger partial charge in [-0.25, -0.2) is 0 Å². The minimum Gasteiger partial charge on any atom is -0.462 e. The van der Waals surface area contributed by atoms with E-state index in [2.05, 4.69) is 56.0 Å². The van der Waals surface area contributed by atoms with E-state index in [0.29, 0.717) is 12.8 Å². The molecule has 13 heteroatoms. The molecule has 336 valence electrons. The predicted octanol–water partition coefficient (Wildman–Crippen LogP) is 8.77. The lowest BCUT2D eigenvalue weighted by Crippen LogP contribution is -2.60. The van der Waals surface area contributed by atoms with Crippen LogP contribution in [0, 0.1) is 0 Å². The largest absolute Gasteiger partial charge is 0.462 e. The second-order valence-electron chi connectivity index (χ2n) is 15.5. The standard InChI is InChI=1S/C45H78O12S/c1-3-5-7-9-11-13-15-17-19-21-23-25-27-29-31-33-40(46)54-35-38(36-55-45-44(50)43(49)42(48)39(57-45)37-58(51,52)53)56-41(47)34-32-30-28-26-24-22-20-18-16-14-12-10-8-6-4-2/h15,18-20,24,26,38-39,42-45,48-50H,3-14,16,21-23,25,27-37H2,1-2H3,(H,51,52,53)/b20-18+,26-24+/t17?,38-,39-,42-,43?,44?,45+/m1/s1. The molecule has 0 amide bonds. The summed E-state index contributed by atoms with van der Waals surface area (Å²) in [5, 5.41) is 30.8. The molecule has 1 rings (SSSR count). The second kappa shape index (κ2) is 35.4. The van der Waals surface area contributed by atoms with Gasteiger partial charge in [0.25, 0.3) is 10.1 Å². The number of ether oxygens (including phenoxy) is 4. The fourth-order valence-electron chi connectivity index (χ4n) is 6.45.